The molecule has 0 aliphatic heterocycles. The molecule has 0 bridgehead atoms. The van der Waals surface area contributed by atoms with Crippen molar-refractivity contribution >= 4 is 21.5 Å². The lowest BCUT2D eigenvalue weighted by Crippen LogP contribution is -1.76. The third-order valence-corrected chi connectivity index (χ3v) is 2.64. The van der Waals surface area contributed by atoms with E-state index in [0.717, 1.165) is 16.2 Å². The Balaban J connectivity index is 2.53. The maximum atomic E-state index is 9.71. The van der Waals surface area contributed by atoms with Crippen LogP contribution in [0.3, 0.4) is 0 Å². The van der Waals surface area contributed by atoms with Crippen molar-refractivity contribution in [3.05, 3.63) is 54.6 Å². The van der Waals surface area contributed by atoms with Gasteiger partial charge in [0, 0.05) is 5.39 Å². The Morgan fingerprint density at radius 1 is 0.933 bits per heavy atom. The number of hydrogen-bond donors (Lipinski definition) is 1. The van der Waals surface area contributed by atoms with Crippen LogP contribution in [0.4, 0.5) is 0 Å². The van der Waals surface area contributed by atoms with Crippen LogP contribution in [0.15, 0.2) is 48.5 Å². The first-order valence-corrected chi connectivity index (χ1v) is 4.87. The minimum atomic E-state index is 0.314. The number of fused-ring (bicyclic) bond motifs is 2. The molecule has 0 saturated heterocycles. The summed E-state index contributed by atoms with van der Waals surface area (Å²) in [6, 6.07) is 18.7. The summed E-state index contributed by atoms with van der Waals surface area (Å²) in [5.41, 5.74) is 0. The highest BCUT2D eigenvalue weighted by atomic mass is 16.3. The van der Waals surface area contributed by atoms with Gasteiger partial charge >= 0.3 is 0 Å². The van der Waals surface area contributed by atoms with Gasteiger partial charge in [-0.25, -0.2) is 0 Å². The molecule has 71 valence electrons. The van der Waals surface area contributed by atoms with Crippen molar-refractivity contribution in [3.63, 3.8) is 0 Å². The lowest BCUT2D eigenvalue weighted by Gasteiger charge is -2.03. The van der Waals surface area contributed by atoms with Gasteiger partial charge in [0.2, 0.25) is 0 Å². The smallest absolute Gasteiger partial charge is 0.123 e. The Hall–Kier alpha value is -2.02. The van der Waals surface area contributed by atoms with E-state index in [4.69, 9.17) is 0 Å². The van der Waals surface area contributed by atoms with E-state index in [1.54, 1.807) is 12.1 Å². The van der Waals surface area contributed by atoms with Crippen LogP contribution in [0.25, 0.3) is 21.5 Å². The molecule has 0 heterocycles. The van der Waals surface area contributed by atoms with E-state index in [-0.39, 0.29) is 0 Å². The average Bonchev–Trinajstić information content (AvgIpc) is 2.27. The highest BCUT2D eigenvalue weighted by molar-refractivity contribution is 6.00. The molecule has 0 unspecified atom stereocenters. The van der Waals surface area contributed by atoms with Crippen LogP contribution in [0.5, 0.6) is 5.75 Å². The highest BCUT2D eigenvalue weighted by Gasteiger charge is 2.00. The second-order valence-electron chi connectivity index (χ2n) is 3.61. The van der Waals surface area contributed by atoms with E-state index in [2.05, 4.69) is 12.1 Å². The normalized spacial score (nSPS) is 10.9. The van der Waals surface area contributed by atoms with Crippen LogP contribution < -0.4 is 0 Å². The summed E-state index contributed by atoms with van der Waals surface area (Å²) in [6.45, 7) is 0. The molecular formula is C14H9O. The van der Waals surface area contributed by atoms with Crippen LogP contribution in [0.2, 0.25) is 0 Å². The molecule has 0 spiro atoms. The van der Waals surface area contributed by atoms with Gasteiger partial charge < -0.3 is 5.11 Å². The van der Waals surface area contributed by atoms with Gasteiger partial charge in [-0.1, -0.05) is 30.3 Å². The summed E-state index contributed by atoms with van der Waals surface area (Å²) < 4.78 is 0. The Labute approximate surface area is 87.6 Å². The SMILES string of the molecule is Oc1cc[c]c2cc3ccccc3cc12. The molecule has 0 aromatic heterocycles. The monoisotopic (exact) mass is 193 g/mol. The third kappa shape index (κ3) is 1.24. The summed E-state index contributed by atoms with van der Waals surface area (Å²) in [6.07, 6.45) is 0. The highest BCUT2D eigenvalue weighted by Crippen LogP contribution is 2.28. The zero-order chi connectivity index (χ0) is 10.3. The van der Waals surface area contributed by atoms with Crippen LogP contribution in [0.1, 0.15) is 0 Å². The van der Waals surface area contributed by atoms with E-state index in [9.17, 15) is 5.11 Å². The van der Waals surface area contributed by atoms with E-state index in [0.29, 0.717) is 5.75 Å². The molecule has 1 N–H and O–H groups in total. The summed E-state index contributed by atoms with van der Waals surface area (Å²) in [5, 5.41) is 13.8. The standard InChI is InChI=1S/C14H9O/c15-14-7-3-6-12-8-10-4-1-2-5-11(10)9-13(12)14/h1-5,7-9,15H. The Morgan fingerprint density at radius 3 is 2.47 bits per heavy atom. The molecule has 1 radical (unpaired) electrons. The van der Waals surface area contributed by atoms with Crippen LogP contribution >= 0.6 is 0 Å². The van der Waals surface area contributed by atoms with E-state index < -0.39 is 0 Å². The van der Waals surface area contributed by atoms with Gasteiger partial charge in [0.25, 0.3) is 0 Å². The Morgan fingerprint density at radius 2 is 1.67 bits per heavy atom. The van der Waals surface area contributed by atoms with E-state index >= 15 is 0 Å². The number of benzene rings is 3. The largest absolute Gasteiger partial charge is 0.507 e. The van der Waals surface area contributed by atoms with Gasteiger partial charge in [-0.15, -0.1) is 0 Å². The van der Waals surface area contributed by atoms with Crippen LogP contribution in [-0.2, 0) is 0 Å². The lowest BCUT2D eigenvalue weighted by atomic mass is 10.0. The topological polar surface area (TPSA) is 20.2 Å². The Bertz CT molecular complexity index is 641. The second-order valence-corrected chi connectivity index (χ2v) is 3.61. The number of hydrogen-bond acceptors (Lipinski definition) is 1. The second kappa shape index (κ2) is 2.99. The molecule has 3 aromatic rings. The predicted octanol–water partition coefficient (Wildman–Crippen LogP) is 3.50. The minimum Gasteiger partial charge on any atom is -0.507 e. The predicted molar refractivity (Wildman–Crippen MR) is 62.0 cm³/mol. The molecule has 3 rings (SSSR count). The maximum absolute atomic E-state index is 9.71. The van der Waals surface area contributed by atoms with Crippen molar-refractivity contribution in [1.82, 2.24) is 0 Å². The molecule has 0 saturated carbocycles. The average molecular weight is 193 g/mol. The van der Waals surface area contributed by atoms with E-state index in [1.807, 2.05) is 30.3 Å². The van der Waals surface area contributed by atoms with Gasteiger partial charge in [-0.05, 0) is 40.4 Å². The number of aromatic hydroxyl groups is 1. The van der Waals surface area contributed by atoms with E-state index in [1.165, 1.54) is 5.39 Å². The molecule has 0 aliphatic carbocycles. The quantitative estimate of drug-likeness (QED) is 0.542. The molecule has 0 aliphatic rings. The summed E-state index contributed by atoms with van der Waals surface area (Å²) in [7, 11) is 0. The fourth-order valence-corrected chi connectivity index (χ4v) is 1.87. The summed E-state index contributed by atoms with van der Waals surface area (Å²) in [5.74, 6) is 0.314. The molecule has 1 heteroatoms. The van der Waals surface area contributed by atoms with Gasteiger partial charge in [0.05, 0.1) is 0 Å². The van der Waals surface area contributed by atoms with Crippen molar-refractivity contribution in [3.8, 4) is 5.75 Å². The third-order valence-electron chi connectivity index (χ3n) is 2.64. The number of rotatable bonds is 0. The Kier molecular flexibility index (Phi) is 1.65. The van der Waals surface area contributed by atoms with Gasteiger partial charge in [-0.2, -0.15) is 0 Å². The molecule has 0 amide bonds. The van der Waals surface area contributed by atoms with Crippen molar-refractivity contribution in [1.29, 1.82) is 0 Å². The molecule has 1 nitrogen and oxygen atoms in total. The van der Waals surface area contributed by atoms with Gasteiger partial charge in [0.15, 0.2) is 0 Å². The molecule has 0 atom stereocenters. The number of phenols is 1. The first-order chi connectivity index (χ1) is 7.34. The maximum Gasteiger partial charge on any atom is 0.123 e. The van der Waals surface area contributed by atoms with Crippen molar-refractivity contribution in [2.24, 2.45) is 0 Å². The molecule has 15 heavy (non-hydrogen) atoms. The fourth-order valence-electron chi connectivity index (χ4n) is 1.87. The van der Waals surface area contributed by atoms with Gasteiger partial charge in [-0.3, -0.25) is 0 Å². The lowest BCUT2D eigenvalue weighted by molar-refractivity contribution is 0.481. The van der Waals surface area contributed by atoms with Gasteiger partial charge in [0.1, 0.15) is 5.75 Å². The summed E-state index contributed by atoms with van der Waals surface area (Å²) >= 11 is 0. The van der Waals surface area contributed by atoms with Crippen LogP contribution in [0, 0.1) is 6.07 Å². The van der Waals surface area contributed by atoms with Crippen LogP contribution in [-0.4, -0.2) is 5.11 Å². The van der Waals surface area contributed by atoms with Crippen molar-refractivity contribution in [2.45, 2.75) is 0 Å². The molecule has 3 aromatic carbocycles. The zero-order valence-electron chi connectivity index (χ0n) is 8.07. The van der Waals surface area contributed by atoms with Crippen molar-refractivity contribution < 1.29 is 5.11 Å². The first-order valence-electron chi connectivity index (χ1n) is 4.87. The van der Waals surface area contributed by atoms with Crippen molar-refractivity contribution in [2.75, 3.05) is 0 Å². The molecular weight excluding hydrogens is 184 g/mol. The molecule has 0 fully saturated rings. The minimum absolute atomic E-state index is 0.314. The summed E-state index contributed by atoms with van der Waals surface area (Å²) in [4.78, 5) is 0. The number of phenolic OH excluding ortho intramolecular Hbond substituents is 1. The fraction of sp³-hybridized carbons (Fsp3) is 0. The zero-order valence-corrected chi connectivity index (χ0v) is 8.07. The first kappa shape index (κ1) is 8.30.